The summed E-state index contributed by atoms with van der Waals surface area (Å²) in [5, 5.41) is 18.5. The Morgan fingerprint density at radius 3 is 1.23 bits per heavy atom. The molecule has 0 rings (SSSR count). The Morgan fingerprint density at radius 1 is 1.00 bits per heavy atom. The van der Waals surface area contributed by atoms with Crippen molar-refractivity contribution in [3.63, 3.8) is 0 Å². The van der Waals surface area contributed by atoms with Crippen molar-refractivity contribution in [2.45, 2.75) is 13.8 Å². The van der Waals surface area contributed by atoms with Gasteiger partial charge in [-0.2, -0.15) is 0 Å². The van der Waals surface area contributed by atoms with Crippen LogP contribution in [0.1, 0.15) is 13.8 Å². The van der Waals surface area contributed by atoms with Crippen LogP contribution in [0.4, 0.5) is 9.59 Å². The van der Waals surface area contributed by atoms with E-state index in [0.717, 1.165) is 0 Å². The zero-order valence-corrected chi connectivity index (χ0v) is 9.78. The number of ether oxygens (including phenoxy) is 2. The first-order valence-electron chi connectivity index (χ1n) is 3.22. The van der Waals surface area contributed by atoms with Crippen LogP contribution in [0, 0.1) is 0 Å². The molecule has 0 amide bonds. The fourth-order valence-electron chi connectivity index (χ4n) is 0.236. The van der Waals surface area contributed by atoms with Crippen molar-refractivity contribution in [2.24, 2.45) is 0 Å². The number of carbonyl (C=O) groups is 2. The van der Waals surface area contributed by atoms with E-state index in [1.165, 1.54) is 0 Å². The molecule has 0 unspecified atom stereocenters. The summed E-state index contributed by atoms with van der Waals surface area (Å²) in [4.78, 5) is 18.5. The predicted octanol–water partition coefficient (Wildman–Crippen LogP) is -1.65. The molecule has 6 nitrogen and oxygen atoms in total. The molecule has 0 saturated carbocycles. The summed E-state index contributed by atoms with van der Waals surface area (Å²) < 4.78 is 7.69. The van der Waals surface area contributed by atoms with E-state index in [2.05, 4.69) is 9.47 Å². The van der Waals surface area contributed by atoms with Crippen LogP contribution in [0.2, 0.25) is 0 Å². The zero-order chi connectivity index (χ0) is 9.98. The van der Waals surface area contributed by atoms with E-state index in [1.807, 2.05) is 0 Å². The number of carboxylic acid groups (broad SMARTS) is 2. The molecule has 0 radical (unpaired) electrons. The molecule has 0 heterocycles. The van der Waals surface area contributed by atoms with Crippen LogP contribution >= 0.6 is 0 Å². The average Bonchev–Trinajstić information content (AvgIpc) is 1.87. The van der Waals surface area contributed by atoms with E-state index in [9.17, 15) is 19.8 Å². The number of hydrogen-bond acceptors (Lipinski definition) is 6. The van der Waals surface area contributed by atoms with Crippen LogP contribution in [0.15, 0.2) is 0 Å². The van der Waals surface area contributed by atoms with E-state index in [0.29, 0.717) is 0 Å². The Bertz CT molecular complexity index is 121. The summed E-state index contributed by atoms with van der Waals surface area (Å²) >= 11 is 0. The van der Waals surface area contributed by atoms with Crippen molar-refractivity contribution in [2.75, 3.05) is 13.2 Å². The minimum Gasteiger partial charge on any atom is -0.550 e. The van der Waals surface area contributed by atoms with E-state index in [1.54, 1.807) is 13.8 Å². The molecular formula is C6H10CaO6. The summed E-state index contributed by atoms with van der Waals surface area (Å²) in [5.74, 6) is 0. The molecule has 0 aliphatic heterocycles. The summed E-state index contributed by atoms with van der Waals surface area (Å²) in [6, 6.07) is 0. The van der Waals surface area contributed by atoms with Gasteiger partial charge in [-0.15, -0.1) is 0 Å². The van der Waals surface area contributed by atoms with Gasteiger partial charge >= 0.3 is 37.7 Å². The van der Waals surface area contributed by atoms with Crippen LogP contribution in [-0.4, -0.2) is 63.3 Å². The van der Waals surface area contributed by atoms with E-state index in [-0.39, 0.29) is 51.0 Å². The van der Waals surface area contributed by atoms with Gasteiger partial charge in [-0.1, -0.05) is 0 Å². The standard InChI is InChI=1S/2C3H6O3.Ca/c2*1-2-6-3(4)5;/h2*2H2,1H3,(H,4,5);/q;;+2/p-2. The first-order chi connectivity index (χ1) is 5.54. The maximum Gasteiger partial charge on any atom is 2.00 e. The molecule has 0 N–H and O–H groups in total. The third-order valence-corrected chi connectivity index (χ3v) is 0.524. The molecule has 0 spiro atoms. The maximum atomic E-state index is 9.27. The predicted molar refractivity (Wildman–Crippen MR) is 39.8 cm³/mol. The molecule has 0 bridgehead atoms. The Balaban J connectivity index is -0.000000143. The largest absolute Gasteiger partial charge is 2.00 e. The second-order valence-corrected chi connectivity index (χ2v) is 1.37. The van der Waals surface area contributed by atoms with Gasteiger partial charge in [-0.3, -0.25) is 0 Å². The molecule has 0 aliphatic rings. The Morgan fingerprint density at radius 2 is 1.23 bits per heavy atom. The molecule has 0 fully saturated rings. The molecule has 0 aromatic heterocycles. The number of hydrogen-bond donors (Lipinski definition) is 0. The summed E-state index contributed by atoms with van der Waals surface area (Å²) in [6.45, 7) is 3.50. The Hall–Kier alpha value is -0.200. The molecule has 0 saturated heterocycles. The molecule has 72 valence electrons. The second kappa shape index (κ2) is 14.3. The van der Waals surface area contributed by atoms with Crippen molar-refractivity contribution in [1.29, 1.82) is 0 Å². The van der Waals surface area contributed by atoms with Crippen molar-refractivity contribution in [1.82, 2.24) is 0 Å². The van der Waals surface area contributed by atoms with Gasteiger partial charge in [0.15, 0.2) is 0 Å². The third-order valence-electron chi connectivity index (χ3n) is 0.524. The molecule has 0 atom stereocenters. The van der Waals surface area contributed by atoms with Crippen molar-refractivity contribution in [3.05, 3.63) is 0 Å². The maximum absolute atomic E-state index is 9.27. The SMILES string of the molecule is CCOC(=O)[O-].CCOC(=O)[O-].[Ca+2]. The smallest absolute Gasteiger partial charge is 0.550 e. The molecular weight excluding hydrogens is 208 g/mol. The molecule has 0 aromatic carbocycles. The molecule has 0 aliphatic carbocycles. The van der Waals surface area contributed by atoms with Gasteiger partial charge in [-0.25, -0.2) is 0 Å². The van der Waals surface area contributed by atoms with Gasteiger partial charge in [0, 0.05) is 13.2 Å². The fourth-order valence-corrected chi connectivity index (χ4v) is 0.236. The van der Waals surface area contributed by atoms with Crippen molar-refractivity contribution in [3.8, 4) is 0 Å². The van der Waals surface area contributed by atoms with Gasteiger partial charge in [0.05, 0.1) is 0 Å². The van der Waals surface area contributed by atoms with Gasteiger partial charge in [0.25, 0.3) is 12.3 Å². The van der Waals surface area contributed by atoms with Crippen LogP contribution in [0.5, 0.6) is 0 Å². The first-order valence-corrected chi connectivity index (χ1v) is 3.22. The van der Waals surface area contributed by atoms with Crippen molar-refractivity contribution >= 4 is 50.0 Å². The fraction of sp³-hybridized carbons (Fsp3) is 0.667. The van der Waals surface area contributed by atoms with Crippen LogP contribution in [-0.2, 0) is 9.47 Å². The quantitative estimate of drug-likeness (QED) is 0.407. The number of carbonyl (C=O) groups excluding carboxylic acids is 2. The Kier molecular flexibility index (Phi) is 20.5. The molecule has 13 heavy (non-hydrogen) atoms. The van der Waals surface area contributed by atoms with Gasteiger partial charge in [0.2, 0.25) is 0 Å². The minimum absolute atomic E-state index is 0. The topological polar surface area (TPSA) is 98.7 Å². The summed E-state index contributed by atoms with van der Waals surface area (Å²) in [6.07, 6.45) is -2.92. The molecule has 0 aromatic rings. The van der Waals surface area contributed by atoms with E-state index < -0.39 is 12.3 Å². The molecule has 7 heteroatoms. The number of rotatable bonds is 2. The van der Waals surface area contributed by atoms with Crippen LogP contribution < -0.4 is 10.2 Å². The summed E-state index contributed by atoms with van der Waals surface area (Å²) in [5.41, 5.74) is 0. The van der Waals surface area contributed by atoms with Crippen molar-refractivity contribution < 1.29 is 29.3 Å². The van der Waals surface area contributed by atoms with Crippen LogP contribution in [0.25, 0.3) is 0 Å². The zero-order valence-electron chi connectivity index (χ0n) is 7.57. The third kappa shape index (κ3) is 33.7. The monoisotopic (exact) mass is 218 g/mol. The van der Waals surface area contributed by atoms with Gasteiger partial charge < -0.3 is 29.3 Å². The summed E-state index contributed by atoms with van der Waals surface area (Å²) in [7, 11) is 0. The van der Waals surface area contributed by atoms with Crippen LogP contribution in [0.3, 0.4) is 0 Å². The average molecular weight is 218 g/mol. The Labute approximate surface area is 106 Å². The first kappa shape index (κ1) is 18.6. The van der Waals surface area contributed by atoms with E-state index in [4.69, 9.17) is 0 Å². The minimum atomic E-state index is -1.46. The van der Waals surface area contributed by atoms with Gasteiger partial charge in [-0.05, 0) is 13.8 Å². The second-order valence-electron chi connectivity index (χ2n) is 1.37. The normalized spacial score (nSPS) is 6.92. The van der Waals surface area contributed by atoms with Gasteiger partial charge in [0.1, 0.15) is 0 Å². The van der Waals surface area contributed by atoms with E-state index >= 15 is 0 Å².